The summed E-state index contributed by atoms with van der Waals surface area (Å²) in [4.78, 5) is 0. The highest BCUT2D eigenvalue weighted by molar-refractivity contribution is 7.81. The van der Waals surface area contributed by atoms with Crippen molar-refractivity contribution in [1.82, 2.24) is 0 Å². The Morgan fingerprint density at radius 3 is 1.69 bits per heavy atom. The highest BCUT2D eigenvalue weighted by Gasteiger charge is 2.52. The molecule has 4 bridgehead atoms. The van der Waals surface area contributed by atoms with Crippen LogP contribution in [0.15, 0.2) is 0 Å². The summed E-state index contributed by atoms with van der Waals surface area (Å²) in [6.07, 6.45) is 9.18. The lowest BCUT2D eigenvalue weighted by Gasteiger charge is -2.58. The molecule has 1 unspecified atom stereocenters. The molecule has 0 aromatic carbocycles. The predicted molar refractivity (Wildman–Crippen MR) is 59.1 cm³/mol. The van der Waals surface area contributed by atoms with Gasteiger partial charge in [0, 0.05) is 5.25 Å². The molecule has 4 rings (SSSR count). The Morgan fingerprint density at radius 1 is 1.00 bits per heavy atom. The molecule has 0 amide bonds. The Kier molecular flexibility index (Phi) is 1.78. The second kappa shape index (κ2) is 2.68. The monoisotopic (exact) mass is 196 g/mol. The first-order valence-corrected chi connectivity index (χ1v) is 6.38. The van der Waals surface area contributed by atoms with Gasteiger partial charge in [0.1, 0.15) is 0 Å². The summed E-state index contributed by atoms with van der Waals surface area (Å²) < 4.78 is 0. The molecular weight excluding hydrogens is 176 g/mol. The Balaban J connectivity index is 1.91. The van der Waals surface area contributed by atoms with Crippen molar-refractivity contribution in [2.75, 3.05) is 0 Å². The molecule has 74 valence electrons. The molecule has 13 heavy (non-hydrogen) atoms. The lowest BCUT2D eigenvalue weighted by atomic mass is 9.49. The maximum Gasteiger partial charge on any atom is 0.00452 e. The first-order valence-electron chi connectivity index (χ1n) is 5.86. The molecule has 4 saturated carbocycles. The van der Waals surface area contributed by atoms with E-state index in [9.17, 15) is 0 Å². The van der Waals surface area contributed by atoms with E-state index in [1.54, 1.807) is 19.3 Å². The van der Waals surface area contributed by atoms with Gasteiger partial charge in [0.05, 0.1) is 0 Å². The smallest absolute Gasteiger partial charge is 0.00452 e. The van der Waals surface area contributed by atoms with Crippen LogP contribution in [0.1, 0.15) is 45.4 Å². The topological polar surface area (TPSA) is 0 Å². The van der Waals surface area contributed by atoms with E-state index in [0.29, 0.717) is 10.7 Å². The van der Waals surface area contributed by atoms with Gasteiger partial charge >= 0.3 is 0 Å². The molecule has 0 spiro atoms. The van der Waals surface area contributed by atoms with Crippen LogP contribution in [-0.4, -0.2) is 5.25 Å². The fourth-order valence-corrected chi connectivity index (χ4v) is 5.01. The first-order chi connectivity index (χ1) is 6.18. The third-order valence-electron chi connectivity index (χ3n) is 4.97. The molecule has 0 saturated heterocycles. The average Bonchev–Trinajstić information content (AvgIpc) is 2.00. The van der Waals surface area contributed by atoms with Crippen LogP contribution >= 0.6 is 12.6 Å². The third kappa shape index (κ3) is 1.19. The van der Waals surface area contributed by atoms with Crippen LogP contribution in [0.5, 0.6) is 0 Å². The van der Waals surface area contributed by atoms with E-state index < -0.39 is 0 Å². The SMILES string of the molecule is CC(S)C12CC3CC(CC(C3)C1)C2. The predicted octanol–water partition coefficient (Wildman–Crippen LogP) is 3.52. The molecule has 0 aliphatic heterocycles. The summed E-state index contributed by atoms with van der Waals surface area (Å²) >= 11 is 4.74. The van der Waals surface area contributed by atoms with Gasteiger partial charge in [-0.05, 0) is 61.7 Å². The first kappa shape index (κ1) is 8.64. The molecule has 4 aliphatic carbocycles. The standard InChI is InChI=1S/C12H20S/c1-8(13)12-5-9-2-10(6-12)4-11(3-9)7-12/h8-11,13H,2-7H2,1H3. The van der Waals surface area contributed by atoms with Gasteiger partial charge in [-0.3, -0.25) is 0 Å². The molecular formula is C12H20S. The van der Waals surface area contributed by atoms with Gasteiger partial charge < -0.3 is 0 Å². The average molecular weight is 196 g/mol. The molecule has 1 atom stereocenters. The molecule has 0 aromatic heterocycles. The van der Waals surface area contributed by atoms with Crippen LogP contribution < -0.4 is 0 Å². The Morgan fingerprint density at radius 2 is 1.38 bits per heavy atom. The van der Waals surface area contributed by atoms with E-state index in [4.69, 9.17) is 12.6 Å². The van der Waals surface area contributed by atoms with Gasteiger partial charge in [-0.1, -0.05) is 6.92 Å². The molecule has 0 radical (unpaired) electrons. The molecule has 4 fully saturated rings. The van der Waals surface area contributed by atoms with Crippen LogP contribution in [0, 0.1) is 23.2 Å². The van der Waals surface area contributed by atoms with Crippen molar-refractivity contribution in [1.29, 1.82) is 0 Å². The van der Waals surface area contributed by atoms with E-state index in [1.807, 2.05) is 0 Å². The summed E-state index contributed by atoms with van der Waals surface area (Å²) in [5.41, 5.74) is 0.665. The summed E-state index contributed by atoms with van der Waals surface area (Å²) in [6.45, 7) is 2.33. The highest BCUT2D eigenvalue weighted by Crippen LogP contribution is 2.61. The Bertz CT molecular complexity index is 184. The normalized spacial score (nSPS) is 55.4. The molecule has 0 heterocycles. The van der Waals surface area contributed by atoms with E-state index >= 15 is 0 Å². The highest BCUT2D eigenvalue weighted by atomic mass is 32.1. The summed E-state index contributed by atoms with van der Waals surface area (Å²) in [6, 6.07) is 0. The fraction of sp³-hybridized carbons (Fsp3) is 1.00. The summed E-state index contributed by atoms with van der Waals surface area (Å²) in [7, 11) is 0. The third-order valence-corrected chi connectivity index (χ3v) is 5.52. The minimum absolute atomic E-state index is 0.640. The van der Waals surface area contributed by atoms with E-state index in [-0.39, 0.29) is 0 Å². The van der Waals surface area contributed by atoms with Crippen molar-refractivity contribution < 1.29 is 0 Å². The van der Waals surface area contributed by atoms with Crippen LogP contribution in [0.3, 0.4) is 0 Å². The van der Waals surface area contributed by atoms with Crippen molar-refractivity contribution in [2.24, 2.45) is 23.2 Å². The van der Waals surface area contributed by atoms with Gasteiger partial charge in [-0.25, -0.2) is 0 Å². The van der Waals surface area contributed by atoms with Crippen molar-refractivity contribution >= 4 is 12.6 Å². The maximum absolute atomic E-state index is 4.74. The summed E-state index contributed by atoms with van der Waals surface area (Å²) in [5.74, 6) is 3.25. The van der Waals surface area contributed by atoms with Gasteiger partial charge in [0.2, 0.25) is 0 Å². The van der Waals surface area contributed by atoms with Crippen LogP contribution in [0.25, 0.3) is 0 Å². The number of rotatable bonds is 1. The van der Waals surface area contributed by atoms with Crippen molar-refractivity contribution in [3.63, 3.8) is 0 Å². The van der Waals surface area contributed by atoms with E-state index in [2.05, 4.69) is 6.92 Å². The zero-order valence-electron chi connectivity index (χ0n) is 8.50. The minimum atomic E-state index is 0.640. The van der Waals surface area contributed by atoms with Gasteiger partial charge in [0.15, 0.2) is 0 Å². The summed E-state index contributed by atoms with van der Waals surface area (Å²) in [5, 5.41) is 0.640. The number of hydrogen-bond acceptors (Lipinski definition) is 1. The molecule has 4 aliphatic rings. The molecule has 1 heteroatoms. The molecule has 0 nitrogen and oxygen atoms in total. The van der Waals surface area contributed by atoms with Crippen LogP contribution in [0.2, 0.25) is 0 Å². The molecule has 0 aromatic rings. The second-order valence-electron chi connectivity index (χ2n) is 5.96. The Hall–Kier alpha value is 0.350. The zero-order chi connectivity index (χ0) is 9.05. The van der Waals surface area contributed by atoms with E-state index in [0.717, 1.165) is 17.8 Å². The van der Waals surface area contributed by atoms with Crippen LogP contribution in [-0.2, 0) is 0 Å². The minimum Gasteiger partial charge on any atom is -0.176 e. The lowest BCUT2D eigenvalue weighted by Crippen LogP contribution is -2.49. The Labute approximate surface area is 86.9 Å². The van der Waals surface area contributed by atoms with Gasteiger partial charge in [-0.15, -0.1) is 0 Å². The van der Waals surface area contributed by atoms with Crippen LogP contribution in [0.4, 0.5) is 0 Å². The van der Waals surface area contributed by atoms with Gasteiger partial charge in [0.25, 0.3) is 0 Å². The van der Waals surface area contributed by atoms with Crippen molar-refractivity contribution in [2.45, 2.75) is 50.7 Å². The number of thiol groups is 1. The fourth-order valence-electron chi connectivity index (χ4n) is 4.69. The quantitative estimate of drug-likeness (QED) is 0.610. The van der Waals surface area contributed by atoms with Crippen molar-refractivity contribution in [3.8, 4) is 0 Å². The maximum atomic E-state index is 4.74. The second-order valence-corrected chi connectivity index (χ2v) is 6.73. The number of hydrogen-bond donors (Lipinski definition) is 1. The van der Waals surface area contributed by atoms with Gasteiger partial charge in [-0.2, -0.15) is 12.6 Å². The largest absolute Gasteiger partial charge is 0.176 e. The zero-order valence-corrected chi connectivity index (χ0v) is 9.39. The lowest BCUT2D eigenvalue weighted by molar-refractivity contribution is -0.0507. The van der Waals surface area contributed by atoms with Crippen molar-refractivity contribution in [3.05, 3.63) is 0 Å². The molecule has 0 N–H and O–H groups in total. The van der Waals surface area contributed by atoms with E-state index in [1.165, 1.54) is 19.3 Å².